The van der Waals surface area contributed by atoms with Gasteiger partial charge in [-0.3, -0.25) is 9.59 Å². The molecule has 1 saturated carbocycles. The minimum atomic E-state index is -0.785. The highest BCUT2D eigenvalue weighted by Crippen LogP contribution is 2.51. The maximum Gasteiger partial charge on any atom is 0.407 e. The van der Waals surface area contributed by atoms with E-state index in [4.69, 9.17) is 9.84 Å². The third-order valence-corrected chi connectivity index (χ3v) is 6.84. The van der Waals surface area contributed by atoms with Crippen LogP contribution in [0.15, 0.2) is 48.5 Å². The first-order valence-corrected chi connectivity index (χ1v) is 10.6. The first-order valence-electron chi connectivity index (χ1n) is 10.6. The van der Waals surface area contributed by atoms with Crippen LogP contribution in [0.25, 0.3) is 11.1 Å². The summed E-state index contributed by atoms with van der Waals surface area (Å²) in [6.07, 6.45) is -0.629. The van der Waals surface area contributed by atoms with E-state index in [2.05, 4.69) is 29.6 Å². The molecule has 2 aromatic rings. The number of aliphatic carboxylic acids is 1. The molecule has 7 nitrogen and oxygen atoms in total. The highest BCUT2D eigenvalue weighted by atomic mass is 16.5. The Morgan fingerprint density at radius 3 is 2.13 bits per heavy atom. The molecule has 2 fully saturated rings. The summed E-state index contributed by atoms with van der Waals surface area (Å²) >= 11 is 0. The first kappa shape index (κ1) is 19.6. The molecule has 160 valence electrons. The van der Waals surface area contributed by atoms with E-state index in [1.165, 1.54) is 0 Å². The highest BCUT2D eigenvalue weighted by Gasteiger charge is 2.60. The summed E-state index contributed by atoms with van der Waals surface area (Å²) in [6, 6.07) is 15.5. The molecule has 2 aliphatic carbocycles. The fourth-order valence-electron chi connectivity index (χ4n) is 5.23. The second-order valence-corrected chi connectivity index (χ2v) is 8.63. The van der Waals surface area contributed by atoms with Crippen molar-refractivity contribution in [2.45, 2.75) is 18.9 Å². The fourth-order valence-corrected chi connectivity index (χ4v) is 5.23. The molecule has 3 aliphatic rings. The number of alkyl carbamates (subject to hydrolysis) is 1. The zero-order valence-electron chi connectivity index (χ0n) is 17.2. The number of hydrogen-bond donors (Lipinski definition) is 2. The lowest BCUT2D eigenvalue weighted by atomic mass is 9.98. The maximum absolute atomic E-state index is 12.6. The fraction of sp³-hybridized carbons (Fsp3) is 0.375. The van der Waals surface area contributed by atoms with Gasteiger partial charge in [-0.2, -0.15) is 0 Å². The van der Waals surface area contributed by atoms with Crippen molar-refractivity contribution in [3.63, 3.8) is 0 Å². The largest absolute Gasteiger partial charge is 0.481 e. The second-order valence-electron chi connectivity index (χ2n) is 8.63. The van der Waals surface area contributed by atoms with Gasteiger partial charge in [-0.25, -0.2) is 4.79 Å². The number of nitrogens with zero attached hydrogens (tertiary/aromatic N) is 1. The molecule has 0 spiro atoms. The molecule has 7 heteroatoms. The Morgan fingerprint density at radius 1 is 1.03 bits per heavy atom. The van der Waals surface area contributed by atoms with E-state index >= 15 is 0 Å². The van der Waals surface area contributed by atoms with Crippen LogP contribution in [0.4, 0.5) is 4.79 Å². The van der Waals surface area contributed by atoms with Crippen molar-refractivity contribution in [1.29, 1.82) is 0 Å². The van der Waals surface area contributed by atoms with Gasteiger partial charge in [-0.05, 0) is 41.0 Å². The van der Waals surface area contributed by atoms with Crippen LogP contribution in [0, 0.1) is 17.8 Å². The Hall–Kier alpha value is -3.35. The molecule has 0 aromatic heterocycles. The Bertz CT molecular complexity index is 1010. The number of amides is 2. The van der Waals surface area contributed by atoms with Crippen LogP contribution in [0.2, 0.25) is 0 Å². The van der Waals surface area contributed by atoms with Crippen molar-refractivity contribution in [3.05, 3.63) is 59.7 Å². The molecule has 31 heavy (non-hydrogen) atoms. The van der Waals surface area contributed by atoms with Crippen molar-refractivity contribution in [3.8, 4) is 11.1 Å². The van der Waals surface area contributed by atoms with Crippen molar-refractivity contribution in [2.24, 2.45) is 17.8 Å². The van der Waals surface area contributed by atoms with E-state index in [1.807, 2.05) is 24.3 Å². The maximum atomic E-state index is 12.6. The topological polar surface area (TPSA) is 95.9 Å². The van der Waals surface area contributed by atoms with Crippen LogP contribution in [-0.4, -0.2) is 53.7 Å². The minimum absolute atomic E-state index is 0.0391. The molecule has 2 N–H and O–H groups in total. The number of hydrogen-bond acceptors (Lipinski definition) is 4. The number of carbonyl (C=O) groups is 3. The number of nitrogens with one attached hydrogen (secondary N) is 1. The molecule has 5 rings (SSSR count). The number of rotatable bonds is 5. The van der Waals surface area contributed by atoms with E-state index < -0.39 is 18.1 Å². The van der Waals surface area contributed by atoms with Gasteiger partial charge >= 0.3 is 12.1 Å². The average molecular weight is 420 g/mol. The average Bonchev–Trinajstić information content (AvgIpc) is 3.13. The van der Waals surface area contributed by atoms with Crippen LogP contribution < -0.4 is 5.32 Å². The molecule has 1 aliphatic heterocycles. The summed E-state index contributed by atoms with van der Waals surface area (Å²) in [5, 5.41) is 11.7. The van der Waals surface area contributed by atoms with Crippen LogP contribution in [0.3, 0.4) is 0 Å². The van der Waals surface area contributed by atoms with E-state index in [0.717, 1.165) is 22.3 Å². The lowest BCUT2D eigenvalue weighted by Gasteiger charge is -2.23. The Labute approximate surface area is 180 Å². The van der Waals surface area contributed by atoms with Crippen LogP contribution in [-0.2, 0) is 14.3 Å². The number of ether oxygens (including phenoxy) is 1. The van der Waals surface area contributed by atoms with E-state index in [0.29, 0.717) is 13.1 Å². The molecule has 0 radical (unpaired) electrons. The van der Waals surface area contributed by atoms with Gasteiger partial charge < -0.3 is 20.1 Å². The molecular formula is C24H24N2O5. The van der Waals surface area contributed by atoms with E-state index in [9.17, 15) is 14.4 Å². The van der Waals surface area contributed by atoms with Crippen LogP contribution in [0.5, 0.6) is 0 Å². The molecule has 2 aromatic carbocycles. The standard InChI is InChI=1S/C24H24N2O5/c1-13(22(27)26-10-18-19(11-26)21(18)23(28)29)25-24(30)31-12-20-16-8-4-2-6-14(16)15-7-3-5-9-17(15)20/h2-9,13,18-21H,10-12H2,1H3,(H,25,30)(H,28,29). The molecule has 2 amide bonds. The molecule has 1 saturated heterocycles. The number of likely N-dealkylation sites (tertiary alicyclic amines) is 1. The van der Waals surface area contributed by atoms with Gasteiger partial charge in [-0.1, -0.05) is 48.5 Å². The summed E-state index contributed by atoms with van der Waals surface area (Å²) in [5.41, 5.74) is 4.57. The Morgan fingerprint density at radius 2 is 1.58 bits per heavy atom. The third kappa shape index (κ3) is 3.34. The van der Waals surface area contributed by atoms with Gasteiger partial charge in [0, 0.05) is 19.0 Å². The summed E-state index contributed by atoms with van der Waals surface area (Å²) in [7, 11) is 0. The van der Waals surface area contributed by atoms with Crippen molar-refractivity contribution in [2.75, 3.05) is 19.7 Å². The molecule has 3 unspecified atom stereocenters. The summed E-state index contributed by atoms with van der Waals surface area (Å²) in [6.45, 7) is 2.70. The summed E-state index contributed by atoms with van der Waals surface area (Å²) in [4.78, 5) is 37.7. The normalized spacial score (nSPS) is 24.0. The lowest BCUT2D eigenvalue weighted by Crippen LogP contribution is -2.47. The zero-order chi connectivity index (χ0) is 21.7. The number of carboxylic acids is 1. The quantitative estimate of drug-likeness (QED) is 0.775. The van der Waals surface area contributed by atoms with Crippen LogP contribution in [0.1, 0.15) is 24.0 Å². The third-order valence-electron chi connectivity index (χ3n) is 6.84. The smallest absolute Gasteiger partial charge is 0.407 e. The summed E-state index contributed by atoms with van der Waals surface area (Å²) in [5.74, 6) is -1.26. The predicted octanol–water partition coefficient (Wildman–Crippen LogP) is 2.70. The van der Waals surface area contributed by atoms with Gasteiger partial charge in [0.15, 0.2) is 0 Å². The van der Waals surface area contributed by atoms with Crippen molar-refractivity contribution in [1.82, 2.24) is 10.2 Å². The van der Waals surface area contributed by atoms with Gasteiger partial charge in [-0.15, -0.1) is 0 Å². The van der Waals surface area contributed by atoms with Gasteiger partial charge in [0.05, 0.1) is 5.92 Å². The van der Waals surface area contributed by atoms with Crippen molar-refractivity contribution >= 4 is 18.0 Å². The number of carboxylic acid groups (broad SMARTS) is 1. The summed E-state index contributed by atoms with van der Waals surface area (Å²) < 4.78 is 5.50. The SMILES string of the molecule is CC(NC(=O)OCC1c2ccccc2-c2ccccc21)C(=O)N1CC2C(C1)C2C(=O)O. The Kier molecular flexibility index (Phi) is 4.68. The first-order chi connectivity index (χ1) is 15.0. The highest BCUT2D eigenvalue weighted by molar-refractivity contribution is 5.86. The lowest BCUT2D eigenvalue weighted by molar-refractivity contribution is -0.141. The molecule has 0 bridgehead atoms. The number of fused-ring (bicyclic) bond motifs is 4. The second kappa shape index (κ2) is 7.41. The van der Waals surface area contributed by atoms with E-state index in [-0.39, 0.29) is 36.2 Å². The molecule has 1 heterocycles. The predicted molar refractivity (Wildman–Crippen MR) is 112 cm³/mol. The molecular weight excluding hydrogens is 396 g/mol. The van der Waals surface area contributed by atoms with Gasteiger partial charge in [0.25, 0.3) is 0 Å². The molecule has 3 atom stereocenters. The van der Waals surface area contributed by atoms with Gasteiger partial charge in [0.1, 0.15) is 12.6 Å². The monoisotopic (exact) mass is 420 g/mol. The Balaban J connectivity index is 1.17. The number of benzene rings is 2. The van der Waals surface area contributed by atoms with Crippen LogP contribution >= 0.6 is 0 Å². The van der Waals surface area contributed by atoms with E-state index in [1.54, 1.807) is 11.8 Å². The zero-order valence-corrected chi connectivity index (χ0v) is 17.2. The number of carbonyl (C=O) groups excluding carboxylic acids is 2. The van der Waals surface area contributed by atoms with Crippen molar-refractivity contribution < 1.29 is 24.2 Å². The minimum Gasteiger partial charge on any atom is -0.481 e. The van der Waals surface area contributed by atoms with Gasteiger partial charge in [0.2, 0.25) is 5.91 Å². The number of piperidine rings is 1.